The van der Waals surface area contributed by atoms with E-state index in [2.05, 4.69) is 9.97 Å². The van der Waals surface area contributed by atoms with Crippen molar-refractivity contribution >= 4 is 23.5 Å². The summed E-state index contributed by atoms with van der Waals surface area (Å²) in [7, 11) is 0. The number of carbonyl (C=O) groups is 3. The summed E-state index contributed by atoms with van der Waals surface area (Å²) < 4.78 is 18.0. The van der Waals surface area contributed by atoms with Gasteiger partial charge in [-0.1, -0.05) is 47.5 Å². The number of benzene rings is 3. The molecule has 2 aliphatic heterocycles. The Kier molecular flexibility index (Phi) is 7.97. The summed E-state index contributed by atoms with van der Waals surface area (Å²) in [5.74, 6) is -0.508. The van der Waals surface area contributed by atoms with Gasteiger partial charge in [-0.25, -0.2) is 19.6 Å². The van der Waals surface area contributed by atoms with Crippen LogP contribution in [0, 0.1) is 20.8 Å². The average molecular weight is 606 g/mol. The first-order chi connectivity index (χ1) is 21.5. The van der Waals surface area contributed by atoms with Crippen molar-refractivity contribution in [3.05, 3.63) is 113 Å². The molecular formula is C36H35N3O6. The Morgan fingerprint density at radius 1 is 0.867 bits per heavy atom. The van der Waals surface area contributed by atoms with Crippen LogP contribution in [0.2, 0.25) is 0 Å². The molecule has 3 aromatic carbocycles. The van der Waals surface area contributed by atoms with Gasteiger partial charge in [-0.2, -0.15) is 0 Å². The van der Waals surface area contributed by atoms with E-state index >= 15 is 0 Å². The molecule has 4 aromatic rings. The van der Waals surface area contributed by atoms with Gasteiger partial charge in [-0.15, -0.1) is 0 Å². The number of rotatable bonds is 7. The van der Waals surface area contributed by atoms with Crippen molar-refractivity contribution < 1.29 is 28.6 Å². The number of carbonyl (C=O) groups excluding carboxylic acids is 3. The molecule has 230 valence electrons. The van der Waals surface area contributed by atoms with Gasteiger partial charge in [0.1, 0.15) is 30.9 Å². The summed E-state index contributed by atoms with van der Waals surface area (Å²) in [5.41, 5.74) is 5.26. The van der Waals surface area contributed by atoms with Gasteiger partial charge in [0.2, 0.25) is 5.91 Å². The molecule has 0 aliphatic carbocycles. The van der Waals surface area contributed by atoms with E-state index in [9.17, 15) is 14.4 Å². The number of aryl methyl sites for hydroxylation is 3. The molecule has 0 radical (unpaired) electrons. The van der Waals surface area contributed by atoms with Crippen LogP contribution in [0.3, 0.4) is 0 Å². The molecule has 1 amide bonds. The SMILES string of the molecule is Cc1ccc(C(=O)OC[C@H]2OC(N3C(=O)C(C)(C)c4ccc(-c5cnc(C)nc5)cc43)C[C@@H]2OC(=O)c2ccc(C)cc2)cc1. The van der Waals surface area contributed by atoms with Crippen LogP contribution in [0.4, 0.5) is 5.69 Å². The van der Waals surface area contributed by atoms with Crippen molar-refractivity contribution in [2.75, 3.05) is 11.5 Å². The number of amides is 1. The maximum absolute atomic E-state index is 14.0. The first kappa shape index (κ1) is 30.1. The fourth-order valence-corrected chi connectivity index (χ4v) is 5.75. The smallest absolute Gasteiger partial charge is 0.338 e. The normalized spacial score (nSPS) is 20.2. The molecule has 0 N–H and O–H groups in total. The van der Waals surface area contributed by atoms with Gasteiger partial charge in [-0.3, -0.25) is 9.69 Å². The summed E-state index contributed by atoms with van der Waals surface area (Å²) in [4.78, 5) is 50.3. The minimum Gasteiger partial charge on any atom is -0.459 e. The number of aromatic nitrogens is 2. The van der Waals surface area contributed by atoms with E-state index < -0.39 is 35.8 Å². The van der Waals surface area contributed by atoms with Crippen molar-refractivity contribution in [3.63, 3.8) is 0 Å². The molecule has 2 aliphatic rings. The first-order valence-corrected chi connectivity index (χ1v) is 15.0. The third-order valence-electron chi connectivity index (χ3n) is 8.48. The Morgan fingerprint density at radius 2 is 1.47 bits per heavy atom. The van der Waals surface area contributed by atoms with Gasteiger partial charge in [0.15, 0.2) is 0 Å². The zero-order valence-electron chi connectivity index (χ0n) is 25.9. The molecule has 9 heteroatoms. The quantitative estimate of drug-likeness (QED) is 0.240. The number of nitrogens with zero attached hydrogens (tertiary/aromatic N) is 3. The Balaban J connectivity index is 1.29. The highest BCUT2D eigenvalue weighted by molar-refractivity contribution is 6.08. The third-order valence-corrected chi connectivity index (χ3v) is 8.48. The topological polar surface area (TPSA) is 108 Å². The minimum absolute atomic E-state index is 0.138. The molecule has 0 saturated carbocycles. The van der Waals surface area contributed by atoms with Gasteiger partial charge >= 0.3 is 11.9 Å². The van der Waals surface area contributed by atoms with Crippen molar-refractivity contribution in [3.8, 4) is 11.1 Å². The highest BCUT2D eigenvalue weighted by atomic mass is 16.6. The number of hydrogen-bond acceptors (Lipinski definition) is 8. The molecule has 0 spiro atoms. The van der Waals surface area contributed by atoms with E-state index in [-0.39, 0.29) is 18.9 Å². The highest BCUT2D eigenvalue weighted by Gasteiger charge is 2.51. The van der Waals surface area contributed by atoms with Crippen LogP contribution in [0.25, 0.3) is 11.1 Å². The highest BCUT2D eigenvalue weighted by Crippen LogP contribution is 2.46. The van der Waals surface area contributed by atoms with Crippen molar-refractivity contribution in [2.24, 2.45) is 0 Å². The molecule has 3 atom stereocenters. The number of fused-ring (bicyclic) bond motifs is 1. The minimum atomic E-state index is -0.814. The number of anilines is 1. The van der Waals surface area contributed by atoms with E-state index in [0.717, 1.165) is 27.8 Å². The van der Waals surface area contributed by atoms with Crippen LogP contribution in [-0.2, 0) is 24.4 Å². The van der Waals surface area contributed by atoms with Crippen LogP contribution in [0.1, 0.15) is 63.5 Å². The lowest BCUT2D eigenvalue weighted by atomic mass is 9.85. The maximum atomic E-state index is 14.0. The van der Waals surface area contributed by atoms with E-state index in [1.165, 1.54) is 0 Å². The van der Waals surface area contributed by atoms with Crippen molar-refractivity contribution in [1.82, 2.24) is 9.97 Å². The number of esters is 2. The van der Waals surface area contributed by atoms with Crippen LogP contribution in [-0.4, -0.2) is 52.9 Å². The lowest BCUT2D eigenvalue weighted by Crippen LogP contribution is -2.43. The molecule has 1 saturated heterocycles. The number of hydrogen-bond donors (Lipinski definition) is 0. The standard InChI is InChI=1S/C36H35N3O6/c1-21-6-10-24(11-7-21)33(40)43-20-31-30(45-34(41)25-12-8-22(2)9-13-25)17-32(44-31)39-29-16-26(27-18-37-23(3)38-19-27)14-15-28(29)36(4,5)35(39)42/h6-16,18-19,30-32H,17,20H2,1-5H3/t30-,31+,32?/m0/s1. The molecule has 45 heavy (non-hydrogen) atoms. The van der Waals surface area contributed by atoms with Crippen LogP contribution in [0.15, 0.2) is 79.1 Å². The molecule has 1 unspecified atom stereocenters. The van der Waals surface area contributed by atoms with Crippen LogP contribution < -0.4 is 4.90 Å². The maximum Gasteiger partial charge on any atom is 0.338 e. The largest absolute Gasteiger partial charge is 0.459 e. The Morgan fingerprint density at radius 3 is 2.09 bits per heavy atom. The van der Waals surface area contributed by atoms with Gasteiger partial charge < -0.3 is 14.2 Å². The fraction of sp³-hybridized carbons (Fsp3) is 0.306. The molecule has 3 heterocycles. The summed E-state index contributed by atoms with van der Waals surface area (Å²) in [6.07, 6.45) is 1.36. The van der Waals surface area contributed by atoms with Gasteiger partial charge in [-0.05, 0) is 76.1 Å². The summed E-state index contributed by atoms with van der Waals surface area (Å²) in [5, 5.41) is 0. The third kappa shape index (κ3) is 5.95. The summed E-state index contributed by atoms with van der Waals surface area (Å²) >= 11 is 0. The van der Waals surface area contributed by atoms with Crippen molar-refractivity contribution in [2.45, 2.75) is 64.9 Å². The van der Waals surface area contributed by atoms with E-state index in [1.54, 1.807) is 41.6 Å². The monoisotopic (exact) mass is 605 g/mol. The first-order valence-electron chi connectivity index (χ1n) is 15.0. The average Bonchev–Trinajstić information content (AvgIpc) is 3.50. The molecular weight excluding hydrogens is 570 g/mol. The predicted molar refractivity (Wildman–Crippen MR) is 168 cm³/mol. The van der Waals surface area contributed by atoms with E-state index in [1.807, 2.05) is 77.1 Å². The lowest BCUT2D eigenvalue weighted by Gasteiger charge is -2.26. The second-order valence-electron chi connectivity index (χ2n) is 12.2. The molecule has 1 aromatic heterocycles. The molecule has 0 bridgehead atoms. The Hall–Kier alpha value is -4.89. The zero-order chi connectivity index (χ0) is 31.9. The summed E-state index contributed by atoms with van der Waals surface area (Å²) in [6.45, 7) is 9.30. The predicted octanol–water partition coefficient (Wildman–Crippen LogP) is 5.89. The van der Waals surface area contributed by atoms with Gasteiger partial charge in [0.25, 0.3) is 0 Å². The molecule has 9 nitrogen and oxygen atoms in total. The van der Waals surface area contributed by atoms with Crippen LogP contribution in [0.5, 0.6) is 0 Å². The van der Waals surface area contributed by atoms with Gasteiger partial charge in [0, 0.05) is 24.4 Å². The second kappa shape index (κ2) is 11.9. The lowest BCUT2D eigenvalue weighted by molar-refractivity contribution is -0.125. The Labute approximate surface area is 262 Å². The zero-order valence-corrected chi connectivity index (χ0v) is 25.9. The van der Waals surface area contributed by atoms with Crippen LogP contribution >= 0.6 is 0 Å². The van der Waals surface area contributed by atoms with Crippen molar-refractivity contribution in [1.29, 1.82) is 0 Å². The molecule has 6 rings (SSSR count). The second-order valence-corrected chi connectivity index (χ2v) is 12.2. The van der Waals surface area contributed by atoms with Gasteiger partial charge in [0.05, 0.1) is 22.2 Å². The summed E-state index contributed by atoms with van der Waals surface area (Å²) in [6, 6.07) is 20.0. The van der Waals surface area contributed by atoms with E-state index in [0.29, 0.717) is 22.6 Å². The van der Waals surface area contributed by atoms with E-state index in [4.69, 9.17) is 14.2 Å². The molecule has 1 fully saturated rings. The fourth-order valence-electron chi connectivity index (χ4n) is 5.75. The number of ether oxygens (including phenoxy) is 3. The Bertz CT molecular complexity index is 1750.